The van der Waals surface area contributed by atoms with Crippen LogP contribution in [0.15, 0.2) is 54.6 Å². The maximum atomic E-state index is 13.3. The molecule has 0 spiro atoms. The Morgan fingerprint density at radius 1 is 1.00 bits per heavy atom. The van der Waals surface area contributed by atoms with E-state index >= 15 is 0 Å². The van der Waals surface area contributed by atoms with Gasteiger partial charge in [-0.3, -0.25) is 4.79 Å². The highest BCUT2D eigenvalue weighted by atomic mass is 35.5. The lowest BCUT2D eigenvalue weighted by Gasteiger charge is -2.14. The van der Waals surface area contributed by atoms with Crippen LogP contribution in [0.2, 0.25) is 10.2 Å². The second kappa shape index (κ2) is 8.33. The number of carbonyl (C=O) groups is 1. The molecule has 0 aliphatic carbocycles. The Hall–Kier alpha value is -2.88. The molecule has 0 radical (unpaired) electrons. The summed E-state index contributed by atoms with van der Waals surface area (Å²) < 4.78 is 43.6. The zero-order valence-electron chi connectivity index (χ0n) is 15.3. The smallest absolute Gasteiger partial charge is 0.355 e. The first-order valence-corrected chi connectivity index (χ1v) is 10.2. The summed E-state index contributed by atoms with van der Waals surface area (Å²) in [7, 11) is 0. The van der Waals surface area contributed by atoms with Gasteiger partial charge in [0.1, 0.15) is 15.6 Å². The van der Waals surface area contributed by atoms with Crippen LogP contribution >= 0.6 is 34.7 Å². The SMILES string of the molecule is O=C(Nc1cccc(Nc2cc(C(F)(F)F)nc3ccccc23)c1)c1snc(Cl)c1Cl. The molecule has 0 saturated carbocycles. The lowest BCUT2D eigenvalue weighted by Crippen LogP contribution is -2.11. The van der Waals surface area contributed by atoms with Crippen LogP contribution in [-0.2, 0) is 6.18 Å². The summed E-state index contributed by atoms with van der Waals surface area (Å²) in [4.78, 5) is 16.3. The van der Waals surface area contributed by atoms with Crippen molar-refractivity contribution in [2.45, 2.75) is 6.18 Å². The number of benzene rings is 2. The normalized spacial score (nSPS) is 11.5. The van der Waals surface area contributed by atoms with Crippen molar-refractivity contribution in [3.8, 4) is 0 Å². The van der Waals surface area contributed by atoms with Gasteiger partial charge >= 0.3 is 6.18 Å². The first-order chi connectivity index (χ1) is 14.7. The van der Waals surface area contributed by atoms with E-state index in [1.54, 1.807) is 42.5 Å². The van der Waals surface area contributed by atoms with E-state index in [9.17, 15) is 18.0 Å². The van der Waals surface area contributed by atoms with Crippen LogP contribution < -0.4 is 10.6 Å². The van der Waals surface area contributed by atoms with Gasteiger partial charge in [0.2, 0.25) is 0 Å². The van der Waals surface area contributed by atoms with Crippen LogP contribution in [0.3, 0.4) is 0 Å². The molecule has 1 amide bonds. The summed E-state index contributed by atoms with van der Waals surface area (Å²) in [6.45, 7) is 0. The molecule has 0 atom stereocenters. The Morgan fingerprint density at radius 3 is 2.45 bits per heavy atom. The van der Waals surface area contributed by atoms with Gasteiger partial charge in [-0.25, -0.2) is 4.98 Å². The van der Waals surface area contributed by atoms with E-state index in [0.29, 0.717) is 16.8 Å². The van der Waals surface area contributed by atoms with Crippen molar-refractivity contribution in [2.24, 2.45) is 0 Å². The Bertz CT molecular complexity index is 1290. The fraction of sp³-hybridized carbons (Fsp3) is 0.0500. The summed E-state index contributed by atoms with van der Waals surface area (Å²) in [6, 6.07) is 14.0. The maximum absolute atomic E-state index is 13.3. The zero-order valence-corrected chi connectivity index (χ0v) is 17.6. The highest BCUT2D eigenvalue weighted by Gasteiger charge is 2.33. The number of hydrogen-bond acceptors (Lipinski definition) is 5. The number of amides is 1. The van der Waals surface area contributed by atoms with E-state index in [1.165, 1.54) is 6.07 Å². The number of para-hydroxylation sites is 1. The number of nitrogens with one attached hydrogen (secondary N) is 2. The Morgan fingerprint density at radius 2 is 1.74 bits per heavy atom. The third kappa shape index (κ3) is 4.58. The number of nitrogens with zero attached hydrogens (tertiary/aromatic N) is 2. The minimum absolute atomic E-state index is 0.0391. The minimum Gasteiger partial charge on any atom is -0.355 e. The average molecular weight is 483 g/mol. The average Bonchev–Trinajstić information content (AvgIpc) is 3.06. The Balaban J connectivity index is 1.64. The third-order valence-electron chi connectivity index (χ3n) is 4.21. The van der Waals surface area contributed by atoms with Crippen molar-refractivity contribution in [3.63, 3.8) is 0 Å². The molecule has 158 valence electrons. The number of anilines is 3. The van der Waals surface area contributed by atoms with Gasteiger partial charge in [-0.05, 0) is 41.9 Å². The monoisotopic (exact) mass is 482 g/mol. The van der Waals surface area contributed by atoms with E-state index in [4.69, 9.17) is 23.2 Å². The number of fused-ring (bicyclic) bond motifs is 1. The van der Waals surface area contributed by atoms with Crippen LogP contribution in [0.25, 0.3) is 10.9 Å². The number of halogens is 5. The van der Waals surface area contributed by atoms with E-state index in [1.807, 2.05) is 0 Å². The van der Waals surface area contributed by atoms with Gasteiger partial charge in [-0.15, -0.1) is 0 Å². The number of alkyl halides is 3. The van der Waals surface area contributed by atoms with E-state index in [-0.39, 0.29) is 26.3 Å². The van der Waals surface area contributed by atoms with Crippen molar-refractivity contribution >= 4 is 68.6 Å². The molecule has 2 aromatic carbocycles. The van der Waals surface area contributed by atoms with Crippen LogP contribution in [0.4, 0.5) is 30.2 Å². The fourth-order valence-corrected chi connectivity index (χ4v) is 3.95. The molecule has 31 heavy (non-hydrogen) atoms. The molecule has 4 rings (SSSR count). The highest BCUT2D eigenvalue weighted by Crippen LogP contribution is 2.35. The number of carbonyl (C=O) groups excluding carboxylic acids is 1. The topological polar surface area (TPSA) is 66.9 Å². The molecule has 0 fully saturated rings. The molecule has 11 heteroatoms. The number of hydrogen-bond donors (Lipinski definition) is 2. The van der Waals surface area contributed by atoms with Crippen molar-refractivity contribution in [1.82, 2.24) is 9.36 Å². The van der Waals surface area contributed by atoms with Gasteiger partial charge in [0.05, 0.1) is 11.2 Å². The number of rotatable bonds is 4. The van der Waals surface area contributed by atoms with Gasteiger partial charge in [-0.2, -0.15) is 17.5 Å². The van der Waals surface area contributed by atoms with E-state index in [2.05, 4.69) is 20.0 Å². The van der Waals surface area contributed by atoms with Crippen LogP contribution in [-0.4, -0.2) is 15.3 Å². The second-order valence-corrected chi connectivity index (χ2v) is 7.86. The summed E-state index contributed by atoms with van der Waals surface area (Å²) in [5.74, 6) is -0.500. The number of aromatic nitrogens is 2. The molecule has 2 heterocycles. The molecule has 2 aromatic heterocycles. The second-order valence-electron chi connectivity index (χ2n) is 6.35. The molecule has 0 aliphatic rings. The predicted molar refractivity (Wildman–Crippen MR) is 117 cm³/mol. The minimum atomic E-state index is -4.59. The Kier molecular flexibility index (Phi) is 5.74. The van der Waals surface area contributed by atoms with Crippen LogP contribution in [0, 0.1) is 0 Å². The van der Waals surface area contributed by atoms with Gasteiger partial charge in [0.25, 0.3) is 5.91 Å². The zero-order chi connectivity index (χ0) is 22.2. The van der Waals surface area contributed by atoms with Crippen molar-refractivity contribution in [3.05, 3.63) is 75.3 Å². The molecule has 0 aliphatic heterocycles. The summed E-state index contributed by atoms with van der Waals surface area (Å²) in [6.07, 6.45) is -4.59. The largest absolute Gasteiger partial charge is 0.433 e. The highest BCUT2D eigenvalue weighted by molar-refractivity contribution is 7.09. The Labute approximate surface area is 188 Å². The van der Waals surface area contributed by atoms with E-state index < -0.39 is 17.8 Å². The van der Waals surface area contributed by atoms with Crippen molar-refractivity contribution in [2.75, 3.05) is 10.6 Å². The van der Waals surface area contributed by atoms with Gasteiger partial charge in [0, 0.05) is 16.8 Å². The summed E-state index contributed by atoms with van der Waals surface area (Å²) >= 11 is 12.6. The molecule has 4 aromatic rings. The first kappa shape index (κ1) is 21.4. The molecular weight excluding hydrogens is 472 g/mol. The molecule has 0 saturated heterocycles. The van der Waals surface area contributed by atoms with Gasteiger partial charge in [0.15, 0.2) is 5.15 Å². The molecule has 0 unspecified atom stereocenters. The molecule has 5 nitrogen and oxygen atoms in total. The molecule has 2 N–H and O–H groups in total. The van der Waals surface area contributed by atoms with Crippen molar-refractivity contribution < 1.29 is 18.0 Å². The third-order valence-corrected chi connectivity index (χ3v) is 6.01. The van der Waals surface area contributed by atoms with Gasteiger partial charge < -0.3 is 10.6 Å². The molecule has 0 bridgehead atoms. The maximum Gasteiger partial charge on any atom is 0.433 e. The van der Waals surface area contributed by atoms with Crippen LogP contribution in [0.1, 0.15) is 15.4 Å². The van der Waals surface area contributed by atoms with Crippen LogP contribution in [0.5, 0.6) is 0 Å². The quantitative estimate of drug-likeness (QED) is 0.328. The fourth-order valence-electron chi connectivity index (χ4n) is 2.84. The standard InChI is InChI=1S/C20H11Cl2F3N4OS/c21-16-17(31-29-18(16)22)19(30)27-11-5-3-4-10(8-11)26-14-9-15(20(23,24)25)28-13-7-2-1-6-12(13)14/h1-9H,(H,26,28)(H,27,30). The number of pyridine rings is 1. The predicted octanol–water partition coefficient (Wildman–Crippen LogP) is 7.01. The van der Waals surface area contributed by atoms with Gasteiger partial charge in [-0.1, -0.05) is 47.5 Å². The van der Waals surface area contributed by atoms with E-state index in [0.717, 1.165) is 17.6 Å². The lowest BCUT2D eigenvalue weighted by molar-refractivity contribution is -0.140. The summed E-state index contributed by atoms with van der Waals surface area (Å²) in [5, 5.41) is 6.27. The molecular formula is C20H11Cl2F3N4OS. The first-order valence-electron chi connectivity index (χ1n) is 8.68. The lowest BCUT2D eigenvalue weighted by atomic mass is 10.1. The van der Waals surface area contributed by atoms with Crippen molar-refractivity contribution in [1.29, 1.82) is 0 Å². The summed E-state index contributed by atoms with van der Waals surface area (Å²) in [5.41, 5.74) is 0.315.